The molecule has 142 valence electrons. The van der Waals surface area contributed by atoms with Crippen molar-refractivity contribution in [2.24, 2.45) is 0 Å². The number of thioether (sulfide) groups is 1. The number of allylic oxidation sites excluding steroid dienone is 2. The first-order valence-electron chi connectivity index (χ1n) is 8.78. The third kappa shape index (κ3) is 4.97. The Labute approximate surface area is 174 Å². The molecule has 4 nitrogen and oxygen atoms in total. The maximum Gasteiger partial charge on any atom is 0.266 e. The molecule has 0 aliphatic carbocycles. The standard InChI is InChI=1S/C22H20N2O2S2/c1-15(12-17-9-4-3-5-10-17)13-19-21(26)24(22(27)28-19)14-20(25)23-18-11-7-6-8-16(18)2/h3-13H,14H2,1-2H3,(H,23,25)/b15-12+,19-13-. The number of rotatable bonds is 5. The zero-order chi connectivity index (χ0) is 20.1. The highest BCUT2D eigenvalue weighted by Gasteiger charge is 2.33. The molecule has 2 aromatic rings. The second kappa shape index (κ2) is 8.99. The second-order valence-electron chi connectivity index (χ2n) is 6.43. The minimum atomic E-state index is -0.275. The Hall–Kier alpha value is -2.70. The zero-order valence-corrected chi connectivity index (χ0v) is 17.3. The molecule has 1 saturated heterocycles. The van der Waals surface area contributed by atoms with Gasteiger partial charge >= 0.3 is 0 Å². The minimum absolute atomic E-state index is 0.0994. The van der Waals surface area contributed by atoms with Crippen molar-refractivity contribution in [1.29, 1.82) is 0 Å². The fourth-order valence-corrected chi connectivity index (χ4v) is 4.05. The molecule has 28 heavy (non-hydrogen) atoms. The van der Waals surface area contributed by atoms with Crippen LogP contribution < -0.4 is 5.32 Å². The van der Waals surface area contributed by atoms with Crippen molar-refractivity contribution in [2.75, 3.05) is 11.9 Å². The average Bonchev–Trinajstić information content (AvgIpc) is 2.91. The Morgan fingerprint density at radius 2 is 1.82 bits per heavy atom. The number of thiocarbonyl (C=S) groups is 1. The first kappa shape index (κ1) is 20.0. The molecule has 1 heterocycles. The third-order valence-electron chi connectivity index (χ3n) is 4.15. The molecule has 2 aromatic carbocycles. The molecule has 0 bridgehead atoms. The SMILES string of the molecule is CC(/C=C1\SC(=S)N(CC(=O)Nc2ccccc2C)C1=O)=C\c1ccccc1. The Balaban J connectivity index is 1.68. The lowest BCUT2D eigenvalue weighted by molar-refractivity contribution is -0.126. The second-order valence-corrected chi connectivity index (χ2v) is 8.11. The van der Waals surface area contributed by atoms with Crippen LogP contribution in [0.15, 0.2) is 71.2 Å². The van der Waals surface area contributed by atoms with E-state index in [2.05, 4.69) is 5.32 Å². The van der Waals surface area contributed by atoms with E-state index in [-0.39, 0.29) is 18.4 Å². The lowest BCUT2D eigenvalue weighted by Gasteiger charge is -2.15. The van der Waals surface area contributed by atoms with Gasteiger partial charge in [0.1, 0.15) is 10.9 Å². The van der Waals surface area contributed by atoms with Gasteiger partial charge in [-0.2, -0.15) is 0 Å². The molecule has 1 N–H and O–H groups in total. The normalized spacial score (nSPS) is 16.0. The minimum Gasteiger partial charge on any atom is -0.324 e. The Morgan fingerprint density at radius 3 is 2.54 bits per heavy atom. The maximum absolute atomic E-state index is 12.7. The highest BCUT2D eigenvalue weighted by Crippen LogP contribution is 2.32. The highest BCUT2D eigenvalue weighted by atomic mass is 32.2. The van der Waals surface area contributed by atoms with E-state index in [0.717, 1.165) is 22.4 Å². The van der Waals surface area contributed by atoms with Crippen LogP contribution in [0.1, 0.15) is 18.1 Å². The zero-order valence-electron chi connectivity index (χ0n) is 15.6. The van der Waals surface area contributed by atoms with Crippen molar-refractivity contribution < 1.29 is 9.59 Å². The smallest absolute Gasteiger partial charge is 0.266 e. The van der Waals surface area contributed by atoms with Gasteiger partial charge in [0.05, 0.1) is 4.91 Å². The van der Waals surface area contributed by atoms with Crippen molar-refractivity contribution in [2.45, 2.75) is 13.8 Å². The molecule has 0 radical (unpaired) electrons. The van der Waals surface area contributed by atoms with E-state index < -0.39 is 0 Å². The number of carbonyl (C=O) groups is 2. The number of nitrogens with zero attached hydrogens (tertiary/aromatic N) is 1. The van der Waals surface area contributed by atoms with Gasteiger partial charge in [-0.25, -0.2) is 0 Å². The number of hydrogen-bond donors (Lipinski definition) is 1. The van der Waals surface area contributed by atoms with Crippen LogP contribution in [0.2, 0.25) is 0 Å². The molecule has 1 fully saturated rings. The molecule has 1 aliphatic heterocycles. The molecule has 0 atom stereocenters. The lowest BCUT2D eigenvalue weighted by Crippen LogP contribution is -2.36. The molecule has 6 heteroatoms. The average molecular weight is 409 g/mol. The molecule has 1 aliphatic rings. The van der Waals surface area contributed by atoms with E-state index in [1.54, 1.807) is 0 Å². The third-order valence-corrected chi connectivity index (χ3v) is 5.52. The fourth-order valence-electron chi connectivity index (χ4n) is 2.74. The van der Waals surface area contributed by atoms with Crippen LogP contribution in [0, 0.1) is 6.92 Å². The predicted octanol–water partition coefficient (Wildman–Crippen LogP) is 4.78. The van der Waals surface area contributed by atoms with Gasteiger partial charge < -0.3 is 5.32 Å². The van der Waals surface area contributed by atoms with Gasteiger partial charge in [0.15, 0.2) is 0 Å². The van der Waals surface area contributed by atoms with Crippen LogP contribution in [0.3, 0.4) is 0 Å². The molecular weight excluding hydrogens is 388 g/mol. The lowest BCUT2D eigenvalue weighted by atomic mass is 10.1. The maximum atomic E-state index is 12.7. The van der Waals surface area contributed by atoms with E-state index >= 15 is 0 Å². The largest absolute Gasteiger partial charge is 0.324 e. The van der Waals surface area contributed by atoms with Crippen LogP contribution in [0.5, 0.6) is 0 Å². The van der Waals surface area contributed by atoms with Crippen LogP contribution in [-0.4, -0.2) is 27.6 Å². The summed E-state index contributed by atoms with van der Waals surface area (Å²) in [6.07, 6.45) is 3.81. The van der Waals surface area contributed by atoms with Gasteiger partial charge in [-0.05, 0) is 42.7 Å². The van der Waals surface area contributed by atoms with E-state index in [0.29, 0.717) is 9.23 Å². The number of anilines is 1. The summed E-state index contributed by atoms with van der Waals surface area (Å²) in [4.78, 5) is 26.9. The van der Waals surface area contributed by atoms with Crippen LogP contribution in [0.25, 0.3) is 6.08 Å². The Bertz CT molecular complexity index is 981. The molecular formula is C22H20N2O2S2. The number of aryl methyl sites for hydroxylation is 1. The van der Waals surface area contributed by atoms with Crippen LogP contribution in [0.4, 0.5) is 5.69 Å². The van der Waals surface area contributed by atoms with Crippen molar-refractivity contribution in [1.82, 2.24) is 4.90 Å². The molecule has 0 spiro atoms. The summed E-state index contributed by atoms with van der Waals surface area (Å²) in [6, 6.07) is 17.4. The summed E-state index contributed by atoms with van der Waals surface area (Å²) < 4.78 is 0.392. The van der Waals surface area contributed by atoms with Gasteiger partial charge in [0.25, 0.3) is 5.91 Å². The van der Waals surface area contributed by atoms with Crippen LogP contribution >= 0.6 is 24.0 Å². The first-order valence-corrected chi connectivity index (χ1v) is 10.0. The molecule has 0 aromatic heterocycles. The number of amides is 2. The van der Waals surface area contributed by atoms with Crippen molar-refractivity contribution in [3.63, 3.8) is 0 Å². The summed E-state index contributed by atoms with van der Waals surface area (Å²) in [5.41, 5.74) is 3.69. The topological polar surface area (TPSA) is 49.4 Å². The van der Waals surface area contributed by atoms with Gasteiger partial charge in [0, 0.05) is 5.69 Å². The van der Waals surface area contributed by atoms with E-state index in [1.165, 1.54) is 16.7 Å². The highest BCUT2D eigenvalue weighted by molar-refractivity contribution is 8.26. The van der Waals surface area contributed by atoms with E-state index in [1.807, 2.05) is 80.6 Å². The van der Waals surface area contributed by atoms with Gasteiger partial charge in [-0.3, -0.25) is 14.5 Å². The quantitative estimate of drug-likeness (QED) is 0.571. The van der Waals surface area contributed by atoms with Gasteiger partial charge in [-0.15, -0.1) is 0 Å². The summed E-state index contributed by atoms with van der Waals surface area (Å²) in [5.74, 6) is -0.515. The number of hydrogen-bond acceptors (Lipinski definition) is 4. The number of carbonyl (C=O) groups excluding carboxylic acids is 2. The summed E-state index contributed by atoms with van der Waals surface area (Å²) in [5, 5.41) is 2.83. The summed E-state index contributed by atoms with van der Waals surface area (Å²) in [6.45, 7) is 3.75. The molecule has 0 unspecified atom stereocenters. The number of nitrogens with one attached hydrogen (secondary N) is 1. The molecule has 3 rings (SSSR count). The Kier molecular flexibility index (Phi) is 6.44. The number of para-hydroxylation sites is 1. The van der Waals surface area contributed by atoms with Gasteiger partial charge in [-0.1, -0.05) is 78.6 Å². The van der Waals surface area contributed by atoms with E-state index in [4.69, 9.17) is 12.2 Å². The predicted molar refractivity (Wildman–Crippen MR) is 120 cm³/mol. The Morgan fingerprint density at radius 1 is 1.14 bits per heavy atom. The monoisotopic (exact) mass is 408 g/mol. The molecule has 2 amide bonds. The van der Waals surface area contributed by atoms with Crippen LogP contribution in [-0.2, 0) is 9.59 Å². The van der Waals surface area contributed by atoms with Crippen molar-refractivity contribution >= 4 is 51.9 Å². The first-order chi connectivity index (χ1) is 13.4. The summed E-state index contributed by atoms with van der Waals surface area (Å²) >= 11 is 6.53. The van der Waals surface area contributed by atoms with Crippen molar-refractivity contribution in [3.05, 3.63) is 82.3 Å². The van der Waals surface area contributed by atoms with Gasteiger partial charge in [0.2, 0.25) is 5.91 Å². The number of benzene rings is 2. The molecule has 0 saturated carbocycles. The van der Waals surface area contributed by atoms with E-state index in [9.17, 15) is 9.59 Å². The summed E-state index contributed by atoms with van der Waals surface area (Å²) in [7, 11) is 0. The van der Waals surface area contributed by atoms with Crippen molar-refractivity contribution in [3.8, 4) is 0 Å². The fraction of sp³-hybridized carbons (Fsp3) is 0.136.